The van der Waals surface area contributed by atoms with E-state index in [0.29, 0.717) is 12.0 Å². The molecular formula is C26H38O7. The molecule has 0 saturated carbocycles. The minimum absolute atomic E-state index is 0.0648. The maximum absolute atomic E-state index is 11.2. The number of aromatic hydroxyl groups is 2. The van der Waals surface area contributed by atoms with E-state index in [0.717, 1.165) is 19.3 Å². The Bertz CT molecular complexity index is 813. The van der Waals surface area contributed by atoms with Crippen LogP contribution in [0, 0.1) is 0 Å². The van der Waals surface area contributed by atoms with Crippen molar-refractivity contribution in [2.45, 2.75) is 83.5 Å². The average molecular weight is 463 g/mol. The average Bonchev–Trinajstić information content (AvgIpc) is 2.78. The zero-order valence-corrected chi connectivity index (χ0v) is 19.4. The van der Waals surface area contributed by atoms with Crippen molar-refractivity contribution >= 4 is 5.97 Å². The second-order valence-electron chi connectivity index (χ2n) is 8.20. The number of phenolic OH excluding ortho intramolecular Hbond substituents is 2. The van der Waals surface area contributed by atoms with E-state index in [4.69, 9.17) is 20.4 Å². The zero-order valence-electron chi connectivity index (χ0n) is 19.4. The highest BCUT2D eigenvalue weighted by atomic mass is 16.7. The lowest BCUT2D eigenvalue weighted by atomic mass is 9.98. The topological polar surface area (TPSA) is 138 Å². The van der Waals surface area contributed by atoms with Crippen molar-refractivity contribution in [3.05, 3.63) is 59.2 Å². The van der Waals surface area contributed by atoms with Crippen molar-refractivity contribution < 1.29 is 35.4 Å². The summed E-state index contributed by atoms with van der Waals surface area (Å²) in [6, 6.07) is 10.3. The number of hydrogen-bond acceptors (Lipinski definition) is 6. The fourth-order valence-corrected chi connectivity index (χ4v) is 3.53. The quantitative estimate of drug-likeness (QED) is 0.139. The largest absolute Gasteiger partial charge is 0.504 e. The third kappa shape index (κ3) is 11.2. The van der Waals surface area contributed by atoms with E-state index in [-0.39, 0.29) is 22.6 Å². The normalized spacial score (nSPS) is 11.0. The summed E-state index contributed by atoms with van der Waals surface area (Å²) in [5, 5.41) is 54.3. The van der Waals surface area contributed by atoms with Gasteiger partial charge in [-0.05, 0) is 25.0 Å². The molecule has 0 bridgehead atoms. The molecule has 33 heavy (non-hydrogen) atoms. The number of phenols is 2. The second-order valence-corrected chi connectivity index (χ2v) is 8.20. The van der Waals surface area contributed by atoms with Crippen LogP contribution in [0.3, 0.4) is 0 Å². The molecular weight excluding hydrogens is 424 g/mol. The molecule has 0 aromatic heterocycles. The number of carbonyl (C=O) groups is 1. The van der Waals surface area contributed by atoms with Crippen LogP contribution in [0.4, 0.5) is 0 Å². The van der Waals surface area contributed by atoms with Gasteiger partial charge in [0.1, 0.15) is 0 Å². The molecule has 7 heteroatoms. The van der Waals surface area contributed by atoms with Gasteiger partial charge in [-0.3, -0.25) is 0 Å². The van der Waals surface area contributed by atoms with E-state index in [9.17, 15) is 15.0 Å². The molecule has 0 saturated heterocycles. The van der Waals surface area contributed by atoms with Crippen LogP contribution in [-0.2, 0) is 12.4 Å². The summed E-state index contributed by atoms with van der Waals surface area (Å²) in [7, 11) is 0. The second kappa shape index (κ2) is 15.3. The Morgan fingerprint density at radius 2 is 1.27 bits per heavy atom. The summed E-state index contributed by atoms with van der Waals surface area (Å²) in [4.78, 5) is 11.2. The minimum Gasteiger partial charge on any atom is -0.504 e. The van der Waals surface area contributed by atoms with E-state index in [1.165, 1.54) is 69.2 Å². The van der Waals surface area contributed by atoms with Crippen molar-refractivity contribution in [2.75, 3.05) is 0 Å². The fraction of sp³-hybridized carbons (Fsp3) is 0.500. The van der Waals surface area contributed by atoms with Crippen LogP contribution in [-0.4, -0.2) is 36.6 Å². The number of carboxylic acids is 1. The monoisotopic (exact) mass is 462 g/mol. The molecule has 0 atom stereocenters. The SMILES string of the molecule is CCCCCCCCCCCCc1c(C(=O)O)ccc(O)c1O.OC(O)(O)c1ccccc1. The van der Waals surface area contributed by atoms with Crippen LogP contribution < -0.4 is 0 Å². The first kappa shape index (κ1) is 28.4. The molecule has 0 aliphatic heterocycles. The molecule has 184 valence electrons. The van der Waals surface area contributed by atoms with Crippen LogP contribution in [0.1, 0.15) is 92.6 Å². The maximum atomic E-state index is 11.2. The van der Waals surface area contributed by atoms with Crippen LogP contribution in [0.5, 0.6) is 11.5 Å². The molecule has 0 spiro atoms. The predicted octanol–water partition coefficient (Wildman–Crippen LogP) is 5.03. The molecule has 2 rings (SSSR count). The lowest BCUT2D eigenvalue weighted by molar-refractivity contribution is -0.323. The third-order valence-corrected chi connectivity index (χ3v) is 5.43. The summed E-state index contributed by atoms with van der Waals surface area (Å²) in [5.74, 6) is -4.32. The Balaban J connectivity index is 0.000000451. The van der Waals surface area contributed by atoms with E-state index in [1.807, 2.05) is 0 Å². The van der Waals surface area contributed by atoms with Gasteiger partial charge in [-0.15, -0.1) is 0 Å². The summed E-state index contributed by atoms with van der Waals surface area (Å²) in [6.45, 7) is 2.22. The summed E-state index contributed by atoms with van der Waals surface area (Å²) in [6.07, 6.45) is 12.5. The van der Waals surface area contributed by atoms with Gasteiger partial charge < -0.3 is 30.6 Å². The van der Waals surface area contributed by atoms with E-state index >= 15 is 0 Å². The highest BCUT2D eigenvalue weighted by Gasteiger charge is 2.20. The molecule has 2 aromatic carbocycles. The fourth-order valence-electron chi connectivity index (χ4n) is 3.53. The zero-order chi connectivity index (χ0) is 24.7. The van der Waals surface area contributed by atoms with Gasteiger partial charge in [0.2, 0.25) is 0 Å². The van der Waals surface area contributed by atoms with Crippen molar-refractivity contribution in [1.82, 2.24) is 0 Å². The summed E-state index contributed by atoms with van der Waals surface area (Å²) in [5.41, 5.74) is 0.489. The van der Waals surface area contributed by atoms with Gasteiger partial charge >= 0.3 is 11.9 Å². The van der Waals surface area contributed by atoms with Gasteiger partial charge in [0.25, 0.3) is 0 Å². The number of aliphatic hydroxyl groups is 3. The lowest BCUT2D eigenvalue weighted by Crippen LogP contribution is -2.23. The molecule has 0 amide bonds. The number of rotatable bonds is 13. The minimum atomic E-state index is -2.71. The van der Waals surface area contributed by atoms with Gasteiger partial charge in [0, 0.05) is 11.1 Å². The highest BCUT2D eigenvalue weighted by Crippen LogP contribution is 2.32. The van der Waals surface area contributed by atoms with Crippen LogP contribution >= 0.6 is 0 Å². The molecule has 0 fully saturated rings. The van der Waals surface area contributed by atoms with Gasteiger partial charge in [0.05, 0.1) is 5.56 Å². The van der Waals surface area contributed by atoms with E-state index in [1.54, 1.807) is 18.2 Å². The molecule has 0 heterocycles. The first-order valence-electron chi connectivity index (χ1n) is 11.7. The van der Waals surface area contributed by atoms with Gasteiger partial charge in [-0.2, -0.15) is 0 Å². The number of benzene rings is 2. The Morgan fingerprint density at radius 3 is 1.73 bits per heavy atom. The number of aromatic carboxylic acids is 1. The van der Waals surface area contributed by atoms with Crippen LogP contribution in [0.25, 0.3) is 0 Å². The predicted molar refractivity (Wildman–Crippen MR) is 127 cm³/mol. The lowest BCUT2D eigenvalue weighted by Gasteiger charge is -2.12. The molecule has 2 aromatic rings. The Hall–Kier alpha value is -2.61. The summed E-state index contributed by atoms with van der Waals surface area (Å²) < 4.78 is 0. The molecule has 6 N–H and O–H groups in total. The van der Waals surface area contributed by atoms with Crippen LogP contribution in [0.15, 0.2) is 42.5 Å². The van der Waals surface area contributed by atoms with E-state index < -0.39 is 11.9 Å². The molecule has 0 aliphatic carbocycles. The highest BCUT2D eigenvalue weighted by molar-refractivity contribution is 5.90. The van der Waals surface area contributed by atoms with Gasteiger partial charge in [-0.25, -0.2) is 4.79 Å². The van der Waals surface area contributed by atoms with Crippen molar-refractivity contribution in [3.8, 4) is 11.5 Å². The number of hydrogen-bond donors (Lipinski definition) is 6. The van der Waals surface area contributed by atoms with Crippen molar-refractivity contribution in [2.24, 2.45) is 0 Å². The third-order valence-electron chi connectivity index (χ3n) is 5.43. The Morgan fingerprint density at radius 1 is 0.758 bits per heavy atom. The first-order valence-corrected chi connectivity index (χ1v) is 11.7. The molecule has 7 nitrogen and oxygen atoms in total. The standard InChI is InChI=1S/C19H30O4.C7H8O3/c1-2-3-4-5-6-7-8-9-10-11-12-15-16(19(22)23)13-14-17(20)18(15)21;8-7(9,10)6-4-2-1-3-5-6/h13-14,20-21H,2-12H2,1H3,(H,22,23);1-5,8-10H. The van der Waals surface area contributed by atoms with Crippen molar-refractivity contribution in [1.29, 1.82) is 0 Å². The number of unbranched alkanes of at least 4 members (excludes halogenated alkanes) is 9. The number of carboxylic acid groups (broad SMARTS) is 1. The molecule has 0 aliphatic rings. The maximum Gasteiger partial charge on any atom is 0.336 e. The van der Waals surface area contributed by atoms with Crippen molar-refractivity contribution in [3.63, 3.8) is 0 Å². The smallest absolute Gasteiger partial charge is 0.336 e. The van der Waals surface area contributed by atoms with Gasteiger partial charge in [0.15, 0.2) is 11.5 Å². The Labute approximate surface area is 196 Å². The first-order chi connectivity index (χ1) is 15.7. The summed E-state index contributed by atoms with van der Waals surface area (Å²) >= 11 is 0. The Kier molecular flexibility index (Phi) is 13.1. The van der Waals surface area contributed by atoms with E-state index in [2.05, 4.69) is 6.92 Å². The molecule has 0 unspecified atom stereocenters. The van der Waals surface area contributed by atoms with Crippen LogP contribution in [0.2, 0.25) is 0 Å². The molecule has 0 radical (unpaired) electrons. The van der Waals surface area contributed by atoms with Gasteiger partial charge in [-0.1, -0.05) is 95.0 Å².